The van der Waals surface area contributed by atoms with Crippen molar-refractivity contribution in [1.82, 2.24) is 9.97 Å². The molecule has 130 valence electrons. The number of nitrogens with zero attached hydrogens (tertiary/aromatic N) is 3. The number of fused-ring (bicyclic) bond motifs is 1. The standard InChI is InChI=1S/C17H24N4O3/c1-21(10-11-6-4-5-7-24-11)17-19-13-9-15(23-3)14(22-2)8-12(13)16(18)20-17/h8-9,11H,4-7,10H2,1-3H3,(H2,18,19,20). The highest BCUT2D eigenvalue weighted by atomic mass is 16.5. The number of anilines is 2. The molecule has 2 aromatic rings. The van der Waals surface area contributed by atoms with Crippen LogP contribution in [0.1, 0.15) is 19.3 Å². The van der Waals surface area contributed by atoms with E-state index in [1.54, 1.807) is 20.3 Å². The van der Waals surface area contributed by atoms with Gasteiger partial charge in [-0.3, -0.25) is 0 Å². The van der Waals surface area contributed by atoms with Crippen LogP contribution in [-0.4, -0.2) is 50.5 Å². The summed E-state index contributed by atoms with van der Waals surface area (Å²) in [6.45, 7) is 1.58. The lowest BCUT2D eigenvalue weighted by atomic mass is 10.1. The number of aromatic nitrogens is 2. The average molecular weight is 332 g/mol. The summed E-state index contributed by atoms with van der Waals surface area (Å²) >= 11 is 0. The van der Waals surface area contributed by atoms with Gasteiger partial charge in [0.2, 0.25) is 5.95 Å². The molecule has 0 aliphatic carbocycles. The maximum atomic E-state index is 6.14. The summed E-state index contributed by atoms with van der Waals surface area (Å²) in [7, 11) is 5.15. The molecule has 0 bridgehead atoms. The van der Waals surface area contributed by atoms with E-state index >= 15 is 0 Å². The average Bonchev–Trinajstić information content (AvgIpc) is 2.61. The minimum absolute atomic E-state index is 0.217. The number of ether oxygens (including phenoxy) is 3. The van der Waals surface area contributed by atoms with Gasteiger partial charge in [0.1, 0.15) is 5.82 Å². The molecular weight excluding hydrogens is 308 g/mol. The molecule has 3 rings (SSSR count). The van der Waals surface area contributed by atoms with E-state index in [2.05, 4.69) is 9.97 Å². The monoisotopic (exact) mass is 332 g/mol. The fourth-order valence-electron chi connectivity index (χ4n) is 2.98. The number of benzene rings is 1. The second-order valence-electron chi connectivity index (χ2n) is 6.00. The molecule has 7 nitrogen and oxygen atoms in total. The van der Waals surface area contributed by atoms with E-state index in [-0.39, 0.29) is 6.10 Å². The van der Waals surface area contributed by atoms with Gasteiger partial charge in [-0.25, -0.2) is 4.98 Å². The number of hydrogen-bond donors (Lipinski definition) is 1. The van der Waals surface area contributed by atoms with E-state index in [9.17, 15) is 0 Å². The summed E-state index contributed by atoms with van der Waals surface area (Å²) in [6.07, 6.45) is 3.63. The van der Waals surface area contributed by atoms with Crippen LogP contribution in [0.25, 0.3) is 10.9 Å². The topological polar surface area (TPSA) is 82.7 Å². The molecule has 0 saturated carbocycles. The molecule has 1 unspecified atom stereocenters. The fourth-order valence-corrected chi connectivity index (χ4v) is 2.98. The number of likely N-dealkylation sites (N-methyl/N-ethyl adjacent to an activating group) is 1. The number of methoxy groups -OCH3 is 2. The van der Waals surface area contributed by atoms with Crippen molar-refractivity contribution in [3.8, 4) is 11.5 Å². The van der Waals surface area contributed by atoms with Gasteiger partial charge in [-0.15, -0.1) is 0 Å². The van der Waals surface area contributed by atoms with Crippen LogP contribution in [0, 0.1) is 0 Å². The second kappa shape index (κ2) is 7.09. The molecule has 1 fully saturated rings. The molecule has 1 aromatic carbocycles. The first-order valence-corrected chi connectivity index (χ1v) is 8.14. The van der Waals surface area contributed by atoms with E-state index in [0.29, 0.717) is 23.3 Å². The third-order valence-corrected chi connectivity index (χ3v) is 4.31. The van der Waals surface area contributed by atoms with Gasteiger partial charge in [0.15, 0.2) is 11.5 Å². The molecule has 2 heterocycles. The van der Waals surface area contributed by atoms with E-state index < -0.39 is 0 Å². The highest BCUT2D eigenvalue weighted by Gasteiger charge is 2.19. The van der Waals surface area contributed by atoms with Crippen LogP contribution < -0.4 is 20.1 Å². The highest BCUT2D eigenvalue weighted by Crippen LogP contribution is 2.34. The Kier molecular flexibility index (Phi) is 4.89. The smallest absolute Gasteiger partial charge is 0.227 e. The minimum atomic E-state index is 0.217. The van der Waals surface area contributed by atoms with Crippen LogP contribution in [0.5, 0.6) is 11.5 Å². The summed E-state index contributed by atoms with van der Waals surface area (Å²) in [6, 6.07) is 3.62. The lowest BCUT2D eigenvalue weighted by Crippen LogP contribution is -2.34. The van der Waals surface area contributed by atoms with Gasteiger partial charge in [0.25, 0.3) is 0 Å². The minimum Gasteiger partial charge on any atom is -0.493 e. The Hall–Kier alpha value is -2.28. The molecule has 24 heavy (non-hydrogen) atoms. The van der Waals surface area contributed by atoms with E-state index in [1.165, 1.54) is 6.42 Å². The van der Waals surface area contributed by atoms with Gasteiger partial charge in [-0.1, -0.05) is 0 Å². The molecule has 1 aromatic heterocycles. The Morgan fingerprint density at radius 3 is 2.62 bits per heavy atom. The first-order valence-electron chi connectivity index (χ1n) is 8.14. The maximum absolute atomic E-state index is 6.14. The van der Waals surface area contributed by atoms with Crippen LogP contribution in [0.2, 0.25) is 0 Å². The van der Waals surface area contributed by atoms with Crippen molar-refractivity contribution in [2.75, 3.05) is 45.1 Å². The zero-order valence-corrected chi connectivity index (χ0v) is 14.4. The van der Waals surface area contributed by atoms with Crippen LogP contribution >= 0.6 is 0 Å². The Balaban J connectivity index is 1.91. The maximum Gasteiger partial charge on any atom is 0.227 e. The first kappa shape index (κ1) is 16.6. The van der Waals surface area contributed by atoms with E-state index in [1.807, 2.05) is 18.0 Å². The van der Waals surface area contributed by atoms with Gasteiger partial charge in [0.05, 0.1) is 25.8 Å². The molecule has 0 amide bonds. The third-order valence-electron chi connectivity index (χ3n) is 4.31. The lowest BCUT2D eigenvalue weighted by molar-refractivity contribution is 0.0214. The molecule has 0 spiro atoms. The summed E-state index contributed by atoms with van der Waals surface area (Å²) in [4.78, 5) is 11.1. The molecule has 2 N–H and O–H groups in total. The number of nitrogen functional groups attached to an aromatic ring is 1. The van der Waals surface area contributed by atoms with Crippen molar-refractivity contribution >= 4 is 22.7 Å². The first-order chi connectivity index (χ1) is 11.6. The Morgan fingerprint density at radius 2 is 1.96 bits per heavy atom. The van der Waals surface area contributed by atoms with Crippen molar-refractivity contribution in [3.05, 3.63) is 12.1 Å². The third kappa shape index (κ3) is 3.31. The molecule has 1 saturated heterocycles. The van der Waals surface area contributed by atoms with Crippen LogP contribution in [0.4, 0.5) is 11.8 Å². The SMILES string of the molecule is COc1cc2nc(N(C)CC3CCCCO3)nc(N)c2cc1OC. The lowest BCUT2D eigenvalue weighted by Gasteiger charge is -2.27. The molecule has 1 aliphatic heterocycles. The van der Waals surface area contributed by atoms with Gasteiger partial charge >= 0.3 is 0 Å². The number of hydrogen-bond acceptors (Lipinski definition) is 7. The fraction of sp³-hybridized carbons (Fsp3) is 0.529. The van der Waals surface area contributed by atoms with Crippen molar-refractivity contribution in [3.63, 3.8) is 0 Å². The van der Waals surface area contributed by atoms with Crippen LogP contribution in [-0.2, 0) is 4.74 Å². The Bertz CT molecular complexity index is 717. The largest absolute Gasteiger partial charge is 0.493 e. The molecule has 1 aliphatic rings. The van der Waals surface area contributed by atoms with Gasteiger partial charge in [-0.05, 0) is 25.3 Å². The zero-order valence-electron chi connectivity index (χ0n) is 14.4. The summed E-state index contributed by atoms with van der Waals surface area (Å²) < 4.78 is 16.5. The van der Waals surface area contributed by atoms with Crippen LogP contribution in [0.15, 0.2) is 12.1 Å². The van der Waals surface area contributed by atoms with E-state index in [4.69, 9.17) is 19.9 Å². The summed E-state index contributed by atoms with van der Waals surface area (Å²) in [5.41, 5.74) is 6.87. The summed E-state index contributed by atoms with van der Waals surface area (Å²) in [5.74, 6) is 2.23. The zero-order chi connectivity index (χ0) is 17.1. The van der Waals surface area contributed by atoms with E-state index in [0.717, 1.165) is 36.9 Å². The predicted molar refractivity (Wildman–Crippen MR) is 93.9 cm³/mol. The molecular formula is C17H24N4O3. The second-order valence-corrected chi connectivity index (χ2v) is 6.00. The van der Waals surface area contributed by atoms with Crippen molar-refractivity contribution in [1.29, 1.82) is 0 Å². The van der Waals surface area contributed by atoms with Crippen molar-refractivity contribution in [2.45, 2.75) is 25.4 Å². The molecule has 7 heteroatoms. The van der Waals surface area contributed by atoms with Gasteiger partial charge in [0, 0.05) is 31.7 Å². The predicted octanol–water partition coefficient (Wildman–Crippen LogP) is 2.23. The molecule has 1 atom stereocenters. The van der Waals surface area contributed by atoms with Gasteiger partial charge in [-0.2, -0.15) is 4.98 Å². The van der Waals surface area contributed by atoms with Crippen LogP contribution in [0.3, 0.4) is 0 Å². The van der Waals surface area contributed by atoms with Crippen molar-refractivity contribution < 1.29 is 14.2 Å². The summed E-state index contributed by atoms with van der Waals surface area (Å²) in [5, 5.41) is 0.749. The highest BCUT2D eigenvalue weighted by molar-refractivity contribution is 5.91. The normalized spacial score (nSPS) is 17.7. The van der Waals surface area contributed by atoms with Gasteiger partial charge < -0.3 is 24.8 Å². The molecule has 0 radical (unpaired) electrons. The Morgan fingerprint density at radius 1 is 1.21 bits per heavy atom. The Labute approximate surface area is 141 Å². The number of rotatable bonds is 5. The van der Waals surface area contributed by atoms with Crippen molar-refractivity contribution in [2.24, 2.45) is 0 Å². The quantitative estimate of drug-likeness (QED) is 0.899. The number of nitrogens with two attached hydrogens (primary N) is 1.